The van der Waals surface area contributed by atoms with Gasteiger partial charge in [-0.2, -0.15) is 0 Å². The molecule has 0 fully saturated rings. The minimum Gasteiger partial charge on any atom is -0.399 e. The quantitative estimate of drug-likeness (QED) is 0.694. The van der Waals surface area contributed by atoms with E-state index in [0.29, 0.717) is 6.54 Å². The van der Waals surface area contributed by atoms with Gasteiger partial charge in [-0.15, -0.1) is 11.8 Å². The third-order valence-corrected chi connectivity index (χ3v) is 4.42. The van der Waals surface area contributed by atoms with Gasteiger partial charge in [-0.1, -0.05) is 6.07 Å². The van der Waals surface area contributed by atoms with Crippen molar-refractivity contribution in [1.29, 1.82) is 0 Å². The maximum absolute atomic E-state index is 11.5. The van der Waals surface area contributed by atoms with Gasteiger partial charge in [0.1, 0.15) is 0 Å². The molecule has 5 heteroatoms. The Morgan fingerprint density at radius 1 is 1.28 bits per heavy atom. The minimum atomic E-state index is 0.0365. The van der Waals surface area contributed by atoms with Crippen molar-refractivity contribution in [3.63, 3.8) is 0 Å². The van der Waals surface area contributed by atoms with Crippen molar-refractivity contribution in [2.24, 2.45) is 0 Å². The average molecular weight is 325 g/mol. The van der Waals surface area contributed by atoms with Gasteiger partial charge < -0.3 is 10.3 Å². The van der Waals surface area contributed by atoms with Crippen molar-refractivity contribution in [1.82, 2.24) is 4.57 Å². The SMILES string of the molecule is Nc1ccc(SCCn2ccccc2=O)c(Br)c1. The lowest BCUT2D eigenvalue weighted by atomic mass is 10.3. The van der Waals surface area contributed by atoms with E-state index in [9.17, 15) is 4.79 Å². The highest BCUT2D eigenvalue weighted by atomic mass is 79.9. The third kappa shape index (κ3) is 3.40. The van der Waals surface area contributed by atoms with E-state index in [2.05, 4.69) is 15.9 Å². The fraction of sp³-hybridized carbons (Fsp3) is 0.154. The Morgan fingerprint density at radius 2 is 2.11 bits per heavy atom. The first-order valence-electron chi connectivity index (χ1n) is 5.50. The molecule has 1 aromatic heterocycles. The molecule has 0 bridgehead atoms. The van der Waals surface area contributed by atoms with Gasteiger partial charge in [-0.3, -0.25) is 4.79 Å². The zero-order chi connectivity index (χ0) is 13.0. The van der Waals surface area contributed by atoms with Crippen LogP contribution in [0.15, 0.2) is 56.8 Å². The highest BCUT2D eigenvalue weighted by Crippen LogP contribution is 2.29. The molecule has 18 heavy (non-hydrogen) atoms. The van der Waals surface area contributed by atoms with Gasteiger partial charge in [-0.05, 0) is 40.2 Å². The fourth-order valence-electron chi connectivity index (χ4n) is 1.53. The topological polar surface area (TPSA) is 48.0 Å². The van der Waals surface area contributed by atoms with Crippen LogP contribution < -0.4 is 11.3 Å². The highest BCUT2D eigenvalue weighted by molar-refractivity contribution is 9.10. The monoisotopic (exact) mass is 324 g/mol. The number of nitrogens with two attached hydrogens (primary N) is 1. The summed E-state index contributed by atoms with van der Waals surface area (Å²) in [5, 5.41) is 0. The number of hydrogen-bond acceptors (Lipinski definition) is 3. The molecule has 0 saturated carbocycles. The molecular weight excluding hydrogens is 312 g/mol. The van der Waals surface area contributed by atoms with E-state index >= 15 is 0 Å². The summed E-state index contributed by atoms with van der Waals surface area (Å²) in [6, 6.07) is 10.9. The van der Waals surface area contributed by atoms with Crippen LogP contribution in [0, 0.1) is 0 Å². The zero-order valence-corrected chi connectivity index (χ0v) is 12.1. The van der Waals surface area contributed by atoms with Gasteiger partial charge in [0.25, 0.3) is 5.56 Å². The van der Waals surface area contributed by atoms with E-state index in [-0.39, 0.29) is 5.56 Å². The number of hydrogen-bond donors (Lipinski definition) is 1. The molecule has 0 aliphatic heterocycles. The van der Waals surface area contributed by atoms with Crippen LogP contribution in [-0.2, 0) is 6.54 Å². The second-order valence-corrected chi connectivity index (χ2v) is 5.76. The lowest BCUT2D eigenvalue weighted by Gasteiger charge is -2.07. The van der Waals surface area contributed by atoms with Crippen molar-refractivity contribution < 1.29 is 0 Å². The van der Waals surface area contributed by atoms with Crippen LogP contribution in [0.1, 0.15) is 0 Å². The predicted molar refractivity (Wildman–Crippen MR) is 80.0 cm³/mol. The Hall–Kier alpha value is -1.20. The number of nitrogen functional groups attached to an aromatic ring is 1. The second-order valence-electron chi connectivity index (χ2n) is 3.77. The molecule has 0 atom stereocenters. The number of anilines is 1. The van der Waals surface area contributed by atoms with Crippen LogP contribution in [0.5, 0.6) is 0 Å². The molecule has 2 aromatic rings. The van der Waals surface area contributed by atoms with Crippen LogP contribution in [0.2, 0.25) is 0 Å². The number of aromatic nitrogens is 1. The number of pyridine rings is 1. The van der Waals surface area contributed by atoms with Gasteiger partial charge in [0.05, 0.1) is 0 Å². The van der Waals surface area contributed by atoms with Crippen molar-refractivity contribution in [2.45, 2.75) is 11.4 Å². The van der Waals surface area contributed by atoms with Crippen LogP contribution in [0.4, 0.5) is 5.69 Å². The molecule has 94 valence electrons. The van der Waals surface area contributed by atoms with Crippen LogP contribution in [0.3, 0.4) is 0 Å². The largest absolute Gasteiger partial charge is 0.399 e. The Morgan fingerprint density at radius 3 is 2.83 bits per heavy atom. The molecule has 0 unspecified atom stereocenters. The lowest BCUT2D eigenvalue weighted by molar-refractivity contribution is 0.735. The number of halogens is 1. The van der Waals surface area contributed by atoms with Gasteiger partial charge in [0.2, 0.25) is 0 Å². The average Bonchev–Trinajstić information content (AvgIpc) is 2.34. The van der Waals surface area contributed by atoms with Gasteiger partial charge in [0, 0.05) is 39.6 Å². The summed E-state index contributed by atoms with van der Waals surface area (Å²) < 4.78 is 2.70. The third-order valence-electron chi connectivity index (χ3n) is 2.44. The first-order chi connectivity index (χ1) is 8.66. The fourth-order valence-corrected chi connectivity index (χ4v) is 3.14. The van der Waals surface area contributed by atoms with Gasteiger partial charge >= 0.3 is 0 Å². The summed E-state index contributed by atoms with van der Waals surface area (Å²) >= 11 is 5.18. The molecule has 0 spiro atoms. The van der Waals surface area contributed by atoms with Crippen LogP contribution in [-0.4, -0.2) is 10.3 Å². The van der Waals surface area contributed by atoms with Crippen molar-refractivity contribution in [2.75, 3.05) is 11.5 Å². The van der Waals surface area contributed by atoms with E-state index < -0.39 is 0 Å². The molecule has 1 heterocycles. The van der Waals surface area contributed by atoms with E-state index in [4.69, 9.17) is 5.73 Å². The summed E-state index contributed by atoms with van der Waals surface area (Å²) in [7, 11) is 0. The molecule has 2 rings (SSSR count). The maximum Gasteiger partial charge on any atom is 0.250 e. The van der Waals surface area contributed by atoms with Crippen LogP contribution >= 0.6 is 27.7 Å². The molecule has 0 amide bonds. The smallest absolute Gasteiger partial charge is 0.250 e. The van der Waals surface area contributed by atoms with E-state index in [1.807, 2.05) is 24.3 Å². The van der Waals surface area contributed by atoms with Crippen molar-refractivity contribution in [3.8, 4) is 0 Å². The molecular formula is C13H13BrN2OS. The first-order valence-corrected chi connectivity index (χ1v) is 7.28. The van der Waals surface area contributed by atoms with Crippen molar-refractivity contribution >= 4 is 33.4 Å². The number of benzene rings is 1. The summed E-state index contributed by atoms with van der Waals surface area (Å²) in [4.78, 5) is 12.6. The summed E-state index contributed by atoms with van der Waals surface area (Å²) in [5.74, 6) is 0.840. The predicted octanol–water partition coefficient (Wildman–Crippen LogP) is 2.99. The molecule has 0 saturated heterocycles. The minimum absolute atomic E-state index is 0.0365. The summed E-state index contributed by atoms with van der Waals surface area (Å²) in [6.07, 6.45) is 1.81. The van der Waals surface area contributed by atoms with E-state index in [0.717, 1.165) is 20.8 Å². The van der Waals surface area contributed by atoms with Crippen molar-refractivity contribution in [3.05, 3.63) is 57.4 Å². The van der Waals surface area contributed by atoms with E-state index in [1.165, 1.54) is 0 Å². The molecule has 3 nitrogen and oxygen atoms in total. The lowest BCUT2D eigenvalue weighted by Crippen LogP contribution is -2.18. The Kier molecular flexibility index (Phi) is 4.49. The Bertz CT molecular complexity index is 598. The molecule has 0 aliphatic carbocycles. The number of nitrogens with zero attached hydrogens (tertiary/aromatic N) is 1. The molecule has 1 aromatic carbocycles. The number of rotatable bonds is 4. The highest BCUT2D eigenvalue weighted by Gasteiger charge is 2.01. The normalized spacial score (nSPS) is 10.5. The number of aryl methyl sites for hydroxylation is 1. The Balaban J connectivity index is 1.97. The van der Waals surface area contributed by atoms with E-state index in [1.54, 1.807) is 34.7 Å². The van der Waals surface area contributed by atoms with Crippen LogP contribution in [0.25, 0.3) is 0 Å². The molecule has 0 aliphatic rings. The first kappa shape index (κ1) is 13.2. The molecule has 2 N–H and O–H groups in total. The zero-order valence-electron chi connectivity index (χ0n) is 9.67. The van der Waals surface area contributed by atoms with Gasteiger partial charge in [-0.25, -0.2) is 0 Å². The number of thioether (sulfide) groups is 1. The second kappa shape index (κ2) is 6.11. The standard InChI is InChI=1S/C13H13BrN2OS/c14-11-9-10(15)4-5-12(11)18-8-7-16-6-2-1-3-13(16)17/h1-6,9H,7-8,15H2. The maximum atomic E-state index is 11.5. The summed E-state index contributed by atoms with van der Waals surface area (Å²) in [6.45, 7) is 0.696. The molecule has 0 radical (unpaired) electrons. The van der Waals surface area contributed by atoms with Gasteiger partial charge in [0.15, 0.2) is 0 Å². The summed E-state index contributed by atoms with van der Waals surface area (Å²) in [5.41, 5.74) is 6.46. The Labute approximate surface area is 118 Å².